The number of halogens is 2. The van der Waals surface area contributed by atoms with Gasteiger partial charge in [0, 0.05) is 12.1 Å². The number of hydrogen-bond acceptors (Lipinski definition) is 5. The zero-order chi connectivity index (χ0) is 18.4. The summed E-state index contributed by atoms with van der Waals surface area (Å²) in [5, 5.41) is 12.7. The lowest BCUT2D eigenvalue weighted by atomic mass is 10.1. The normalized spacial score (nSPS) is 10.2. The van der Waals surface area contributed by atoms with E-state index in [1.807, 2.05) is 0 Å². The number of anilines is 1. The Kier molecular flexibility index (Phi) is 5.72. The molecule has 0 fully saturated rings. The van der Waals surface area contributed by atoms with Crippen molar-refractivity contribution in [2.75, 3.05) is 11.9 Å². The Morgan fingerprint density at radius 2 is 1.92 bits per heavy atom. The van der Waals surface area contributed by atoms with Crippen LogP contribution in [0.1, 0.15) is 5.56 Å². The van der Waals surface area contributed by atoms with Gasteiger partial charge in [-0.1, -0.05) is 12.1 Å². The van der Waals surface area contributed by atoms with Gasteiger partial charge in [0.05, 0.1) is 17.0 Å². The average molecular weight is 350 g/mol. The Balaban J connectivity index is 1.89. The fourth-order valence-corrected chi connectivity index (χ4v) is 1.92. The van der Waals surface area contributed by atoms with Crippen molar-refractivity contribution in [1.29, 1.82) is 0 Å². The molecule has 1 N–H and O–H groups in total. The van der Waals surface area contributed by atoms with Gasteiger partial charge in [-0.2, -0.15) is 0 Å². The zero-order valence-corrected chi connectivity index (χ0v) is 12.7. The van der Waals surface area contributed by atoms with E-state index in [2.05, 4.69) is 5.32 Å². The molecule has 0 radical (unpaired) electrons. The summed E-state index contributed by atoms with van der Waals surface area (Å²) in [5.41, 5.74) is -0.435. The van der Waals surface area contributed by atoms with E-state index in [1.165, 1.54) is 18.2 Å². The van der Waals surface area contributed by atoms with E-state index < -0.39 is 46.4 Å². The Labute approximate surface area is 140 Å². The van der Waals surface area contributed by atoms with E-state index in [1.54, 1.807) is 0 Å². The van der Waals surface area contributed by atoms with Crippen LogP contribution >= 0.6 is 0 Å². The molecule has 0 aliphatic carbocycles. The van der Waals surface area contributed by atoms with Crippen LogP contribution in [0.4, 0.5) is 20.2 Å². The lowest BCUT2D eigenvalue weighted by molar-refractivity contribution is -0.384. The number of nitrogens with one attached hydrogen (secondary N) is 1. The molecule has 0 saturated carbocycles. The fraction of sp³-hybridized carbons (Fsp3) is 0.125. The second-order valence-electron chi connectivity index (χ2n) is 4.94. The highest BCUT2D eigenvalue weighted by atomic mass is 19.1. The molecular weight excluding hydrogens is 338 g/mol. The molecule has 0 aromatic heterocycles. The number of amides is 1. The van der Waals surface area contributed by atoms with E-state index in [-0.39, 0.29) is 6.42 Å². The topological polar surface area (TPSA) is 98.5 Å². The lowest BCUT2D eigenvalue weighted by Gasteiger charge is -2.07. The van der Waals surface area contributed by atoms with Gasteiger partial charge in [-0.15, -0.1) is 0 Å². The third-order valence-corrected chi connectivity index (χ3v) is 3.04. The second-order valence-corrected chi connectivity index (χ2v) is 4.94. The molecular formula is C16H12F2N2O5. The van der Waals surface area contributed by atoms with E-state index in [0.29, 0.717) is 5.56 Å². The summed E-state index contributed by atoms with van der Waals surface area (Å²) >= 11 is 0. The molecule has 25 heavy (non-hydrogen) atoms. The van der Waals surface area contributed by atoms with Crippen LogP contribution in [0.15, 0.2) is 42.5 Å². The van der Waals surface area contributed by atoms with Crippen LogP contribution < -0.4 is 5.32 Å². The second kappa shape index (κ2) is 7.95. The van der Waals surface area contributed by atoms with Crippen LogP contribution in [0, 0.1) is 21.7 Å². The number of nitro groups is 1. The molecule has 0 heterocycles. The van der Waals surface area contributed by atoms with Crippen molar-refractivity contribution in [3.05, 3.63) is 69.8 Å². The summed E-state index contributed by atoms with van der Waals surface area (Å²) in [6.45, 7) is -0.712. The maximum Gasteiger partial charge on any atom is 0.310 e. The summed E-state index contributed by atoms with van der Waals surface area (Å²) in [5.74, 6) is -3.03. The average Bonchev–Trinajstić information content (AvgIpc) is 2.55. The van der Waals surface area contributed by atoms with Gasteiger partial charge in [0.25, 0.3) is 11.6 Å². The highest BCUT2D eigenvalue weighted by molar-refractivity contribution is 5.93. The summed E-state index contributed by atoms with van der Waals surface area (Å²) < 4.78 is 31.2. The van der Waals surface area contributed by atoms with E-state index in [0.717, 1.165) is 24.3 Å². The molecule has 0 bridgehead atoms. The number of esters is 1. The molecule has 2 rings (SSSR count). The number of carbonyl (C=O) groups is 2. The number of hydrogen-bond donors (Lipinski definition) is 1. The Bertz CT molecular complexity index is 826. The van der Waals surface area contributed by atoms with Crippen LogP contribution in [0.3, 0.4) is 0 Å². The van der Waals surface area contributed by atoms with Gasteiger partial charge in [0.1, 0.15) is 11.6 Å². The first-order valence-corrected chi connectivity index (χ1v) is 6.99. The van der Waals surface area contributed by atoms with Crippen LogP contribution in [0.25, 0.3) is 0 Å². The molecule has 0 aliphatic rings. The molecule has 7 nitrogen and oxygen atoms in total. The van der Waals surface area contributed by atoms with Gasteiger partial charge in [0.2, 0.25) is 0 Å². The van der Waals surface area contributed by atoms with Crippen molar-refractivity contribution in [3.63, 3.8) is 0 Å². The maximum atomic E-state index is 13.5. The number of benzene rings is 2. The minimum absolute atomic E-state index is 0.240. The van der Waals surface area contributed by atoms with Gasteiger partial charge in [-0.05, 0) is 23.8 Å². The number of ether oxygens (including phenoxy) is 1. The summed E-state index contributed by atoms with van der Waals surface area (Å²) in [4.78, 5) is 33.2. The molecule has 0 spiro atoms. The number of nitro benzene ring substituents is 1. The van der Waals surface area contributed by atoms with Gasteiger partial charge in [-0.25, -0.2) is 8.78 Å². The molecule has 9 heteroatoms. The van der Waals surface area contributed by atoms with E-state index in [4.69, 9.17) is 4.74 Å². The summed E-state index contributed by atoms with van der Waals surface area (Å²) in [6.07, 6.45) is -0.240. The number of non-ortho nitro benzene ring substituents is 1. The summed E-state index contributed by atoms with van der Waals surface area (Å²) in [6, 6.07) is 7.95. The third kappa shape index (κ3) is 5.34. The molecule has 0 atom stereocenters. The molecule has 0 unspecified atom stereocenters. The van der Waals surface area contributed by atoms with Crippen LogP contribution in [0.5, 0.6) is 0 Å². The monoisotopic (exact) mass is 350 g/mol. The van der Waals surface area contributed by atoms with Gasteiger partial charge < -0.3 is 10.1 Å². The Hall–Kier alpha value is -3.36. The molecule has 2 aromatic carbocycles. The molecule has 0 aliphatic heterocycles. The van der Waals surface area contributed by atoms with Crippen molar-refractivity contribution in [2.45, 2.75) is 6.42 Å². The van der Waals surface area contributed by atoms with E-state index >= 15 is 0 Å². The van der Waals surface area contributed by atoms with Crippen molar-refractivity contribution in [1.82, 2.24) is 0 Å². The number of rotatable bonds is 6. The predicted molar refractivity (Wildman–Crippen MR) is 82.7 cm³/mol. The first kappa shape index (κ1) is 18.0. The van der Waals surface area contributed by atoms with Gasteiger partial charge in [0.15, 0.2) is 6.61 Å². The van der Waals surface area contributed by atoms with Crippen molar-refractivity contribution in [2.24, 2.45) is 0 Å². The SMILES string of the molecule is O=C(COC(=O)Cc1cccc(F)c1)Nc1cc([N+](=O)[O-])ccc1F. The number of carbonyl (C=O) groups excluding carboxylic acids is 2. The summed E-state index contributed by atoms with van der Waals surface area (Å²) in [7, 11) is 0. The smallest absolute Gasteiger partial charge is 0.310 e. The quantitative estimate of drug-likeness (QED) is 0.490. The molecule has 0 saturated heterocycles. The van der Waals surface area contributed by atoms with Gasteiger partial charge >= 0.3 is 5.97 Å². The predicted octanol–water partition coefficient (Wildman–Crippen LogP) is 2.60. The van der Waals surface area contributed by atoms with Crippen molar-refractivity contribution in [3.8, 4) is 0 Å². The standard InChI is InChI=1S/C16H12F2N2O5/c17-11-3-1-2-10(6-11)7-16(22)25-9-15(21)19-14-8-12(20(23)24)4-5-13(14)18/h1-6,8H,7,9H2,(H,19,21). The first-order chi connectivity index (χ1) is 11.8. The van der Waals surface area contributed by atoms with Crippen LogP contribution in [0.2, 0.25) is 0 Å². The van der Waals surface area contributed by atoms with Crippen molar-refractivity contribution >= 4 is 23.3 Å². The molecule has 1 amide bonds. The highest BCUT2D eigenvalue weighted by Crippen LogP contribution is 2.21. The molecule has 130 valence electrons. The third-order valence-electron chi connectivity index (χ3n) is 3.04. The maximum absolute atomic E-state index is 13.5. The lowest BCUT2D eigenvalue weighted by Crippen LogP contribution is -2.22. The van der Waals surface area contributed by atoms with Crippen molar-refractivity contribution < 1.29 is 28.0 Å². The molecule has 2 aromatic rings. The van der Waals surface area contributed by atoms with E-state index in [9.17, 15) is 28.5 Å². The number of nitrogens with zero attached hydrogens (tertiary/aromatic N) is 1. The zero-order valence-electron chi connectivity index (χ0n) is 12.7. The largest absolute Gasteiger partial charge is 0.455 e. The fourth-order valence-electron chi connectivity index (χ4n) is 1.92. The Morgan fingerprint density at radius 3 is 2.60 bits per heavy atom. The van der Waals surface area contributed by atoms with Gasteiger partial charge in [-0.3, -0.25) is 19.7 Å². The minimum Gasteiger partial charge on any atom is -0.455 e. The minimum atomic E-state index is -0.870. The Morgan fingerprint density at radius 1 is 1.16 bits per heavy atom. The van der Waals surface area contributed by atoms with Crippen LogP contribution in [-0.4, -0.2) is 23.4 Å². The highest BCUT2D eigenvalue weighted by Gasteiger charge is 2.14. The van der Waals surface area contributed by atoms with Crippen LogP contribution in [-0.2, 0) is 20.7 Å². The first-order valence-electron chi connectivity index (χ1n) is 6.99.